The molecule has 0 unspecified atom stereocenters. The fourth-order valence-electron chi connectivity index (χ4n) is 1.08. The van der Waals surface area contributed by atoms with Gasteiger partial charge in [-0.05, 0) is 12.1 Å². The number of rotatable bonds is 3. The summed E-state index contributed by atoms with van der Waals surface area (Å²) in [4.78, 5) is 21.6. The predicted molar refractivity (Wildman–Crippen MR) is 51.6 cm³/mol. The number of aldehydes is 1. The molecule has 0 saturated carbocycles. The molecule has 0 fully saturated rings. The fraction of sp³-hybridized carbons (Fsp3) is 0.100. The zero-order valence-corrected chi connectivity index (χ0v) is 8.21. The molecule has 0 atom stereocenters. The summed E-state index contributed by atoms with van der Waals surface area (Å²) in [7, 11) is 0. The van der Waals surface area contributed by atoms with Crippen molar-refractivity contribution >= 4 is 23.7 Å². The average molecular weight is 226 g/mol. The number of ketones is 1. The van der Waals surface area contributed by atoms with Crippen LogP contribution in [0.1, 0.15) is 26.3 Å². The van der Waals surface area contributed by atoms with Crippen LogP contribution >= 0.6 is 11.6 Å². The molecule has 76 valence electrons. The highest BCUT2D eigenvalue weighted by atomic mass is 35.5. The van der Waals surface area contributed by atoms with Gasteiger partial charge in [0.15, 0.2) is 12.1 Å². The number of halogens is 2. The topological polar surface area (TPSA) is 57.9 Å². The maximum atomic E-state index is 13.1. The molecule has 0 amide bonds. The lowest BCUT2D eigenvalue weighted by Crippen LogP contribution is -2.05. The van der Waals surface area contributed by atoms with E-state index in [0.717, 1.165) is 12.1 Å². The standard InChI is InChI=1S/C10H5ClFNO2/c11-3-10(15)8-2-9(12)7(5-14)1-6(8)4-13/h1-2,5H,3H2. The van der Waals surface area contributed by atoms with Crippen LogP contribution in [0.4, 0.5) is 4.39 Å². The highest BCUT2D eigenvalue weighted by Crippen LogP contribution is 2.15. The van der Waals surface area contributed by atoms with E-state index in [1.54, 1.807) is 6.07 Å². The number of hydrogen-bond acceptors (Lipinski definition) is 3. The first kappa shape index (κ1) is 11.3. The maximum Gasteiger partial charge on any atom is 0.179 e. The van der Waals surface area contributed by atoms with Crippen molar-refractivity contribution in [1.29, 1.82) is 5.26 Å². The summed E-state index contributed by atoms with van der Waals surface area (Å²) in [5.74, 6) is -1.73. The van der Waals surface area contributed by atoms with Crippen molar-refractivity contribution in [3.63, 3.8) is 0 Å². The van der Waals surface area contributed by atoms with Crippen molar-refractivity contribution in [3.8, 4) is 6.07 Å². The number of nitrogens with zero attached hydrogens (tertiary/aromatic N) is 1. The summed E-state index contributed by atoms with van der Waals surface area (Å²) in [6.45, 7) is 0. The minimum Gasteiger partial charge on any atom is -0.298 e. The Kier molecular flexibility index (Phi) is 3.53. The first-order chi connectivity index (χ1) is 7.13. The molecule has 5 heteroatoms. The Labute approximate surface area is 90.1 Å². The Morgan fingerprint density at radius 3 is 2.73 bits per heavy atom. The van der Waals surface area contributed by atoms with E-state index in [1.165, 1.54) is 0 Å². The maximum absolute atomic E-state index is 13.1. The van der Waals surface area contributed by atoms with Gasteiger partial charge < -0.3 is 0 Å². The molecule has 1 rings (SSSR count). The lowest BCUT2D eigenvalue weighted by Gasteiger charge is -2.02. The van der Waals surface area contributed by atoms with Gasteiger partial charge in [0.25, 0.3) is 0 Å². The van der Waals surface area contributed by atoms with Crippen molar-refractivity contribution in [2.75, 3.05) is 5.88 Å². The van der Waals surface area contributed by atoms with Crippen LogP contribution in [0.15, 0.2) is 12.1 Å². The van der Waals surface area contributed by atoms with Crippen LogP contribution in [0.5, 0.6) is 0 Å². The van der Waals surface area contributed by atoms with Crippen molar-refractivity contribution < 1.29 is 14.0 Å². The molecular weight excluding hydrogens is 221 g/mol. The summed E-state index contributed by atoms with van der Waals surface area (Å²) >= 11 is 5.29. The third-order valence-corrected chi connectivity index (χ3v) is 2.05. The molecule has 0 saturated heterocycles. The molecule has 0 spiro atoms. The van der Waals surface area contributed by atoms with Crippen LogP contribution in [-0.4, -0.2) is 17.9 Å². The van der Waals surface area contributed by atoms with E-state index in [9.17, 15) is 14.0 Å². The Morgan fingerprint density at radius 1 is 1.60 bits per heavy atom. The number of hydrogen-bond donors (Lipinski definition) is 0. The smallest absolute Gasteiger partial charge is 0.179 e. The van der Waals surface area contributed by atoms with Gasteiger partial charge in [-0.1, -0.05) is 0 Å². The van der Waals surface area contributed by atoms with Gasteiger partial charge in [0.2, 0.25) is 0 Å². The third-order valence-electron chi connectivity index (χ3n) is 1.81. The van der Waals surface area contributed by atoms with E-state index >= 15 is 0 Å². The molecule has 0 aliphatic carbocycles. The number of Topliss-reactive ketones (excluding diaryl/α,β-unsaturated/α-hetero) is 1. The van der Waals surface area contributed by atoms with Crippen molar-refractivity contribution in [2.24, 2.45) is 0 Å². The summed E-state index contributed by atoms with van der Waals surface area (Å²) in [6.07, 6.45) is 0.283. The van der Waals surface area contributed by atoms with E-state index in [2.05, 4.69) is 0 Å². The lowest BCUT2D eigenvalue weighted by atomic mass is 10.0. The van der Waals surface area contributed by atoms with Crippen LogP contribution in [0.2, 0.25) is 0 Å². The highest BCUT2D eigenvalue weighted by molar-refractivity contribution is 6.30. The van der Waals surface area contributed by atoms with Gasteiger partial charge in [-0.25, -0.2) is 4.39 Å². The third kappa shape index (κ3) is 2.20. The molecule has 15 heavy (non-hydrogen) atoms. The van der Waals surface area contributed by atoms with E-state index in [-0.39, 0.29) is 28.9 Å². The number of alkyl halides is 1. The van der Waals surface area contributed by atoms with Crippen molar-refractivity contribution in [1.82, 2.24) is 0 Å². The van der Waals surface area contributed by atoms with E-state index < -0.39 is 11.6 Å². The van der Waals surface area contributed by atoms with Crippen LogP contribution in [-0.2, 0) is 0 Å². The van der Waals surface area contributed by atoms with Gasteiger partial charge in [-0.15, -0.1) is 11.6 Å². The zero-order chi connectivity index (χ0) is 11.4. The Bertz CT molecular complexity index is 465. The quantitative estimate of drug-likeness (QED) is 0.449. The Hall–Kier alpha value is -1.73. The lowest BCUT2D eigenvalue weighted by molar-refractivity contribution is 0.101. The van der Waals surface area contributed by atoms with Gasteiger partial charge in [-0.2, -0.15) is 5.26 Å². The van der Waals surface area contributed by atoms with Crippen LogP contribution in [0.25, 0.3) is 0 Å². The van der Waals surface area contributed by atoms with Gasteiger partial charge in [0.05, 0.1) is 23.1 Å². The van der Waals surface area contributed by atoms with E-state index in [1.807, 2.05) is 0 Å². The number of carbonyl (C=O) groups excluding carboxylic acids is 2. The van der Waals surface area contributed by atoms with Gasteiger partial charge in [0.1, 0.15) is 5.82 Å². The molecule has 0 radical (unpaired) electrons. The summed E-state index contributed by atoms with van der Waals surface area (Å²) in [6, 6.07) is 3.59. The summed E-state index contributed by atoms with van der Waals surface area (Å²) < 4.78 is 13.1. The highest BCUT2D eigenvalue weighted by Gasteiger charge is 2.14. The predicted octanol–water partition coefficient (Wildman–Crippen LogP) is 1.93. The second-order valence-electron chi connectivity index (χ2n) is 2.71. The molecule has 0 heterocycles. The number of benzene rings is 1. The number of carbonyl (C=O) groups is 2. The Balaban J connectivity index is 3.41. The number of nitriles is 1. The second-order valence-corrected chi connectivity index (χ2v) is 2.97. The first-order valence-electron chi connectivity index (χ1n) is 3.92. The molecule has 0 aromatic heterocycles. The van der Waals surface area contributed by atoms with Gasteiger partial charge >= 0.3 is 0 Å². The van der Waals surface area contributed by atoms with Crippen LogP contribution < -0.4 is 0 Å². The molecule has 1 aromatic carbocycles. The van der Waals surface area contributed by atoms with Crippen molar-refractivity contribution in [2.45, 2.75) is 0 Å². The minimum atomic E-state index is -0.836. The monoisotopic (exact) mass is 225 g/mol. The van der Waals surface area contributed by atoms with Gasteiger partial charge in [-0.3, -0.25) is 9.59 Å². The van der Waals surface area contributed by atoms with E-state index in [0.29, 0.717) is 0 Å². The van der Waals surface area contributed by atoms with E-state index in [4.69, 9.17) is 16.9 Å². The molecule has 3 nitrogen and oxygen atoms in total. The average Bonchev–Trinajstić information content (AvgIpc) is 2.27. The first-order valence-corrected chi connectivity index (χ1v) is 4.45. The second kappa shape index (κ2) is 4.67. The zero-order valence-electron chi connectivity index (χ0n) is 7.46. The fourth-order valence-corrected chi connectivity index (χ4v) is 1.22. The summed E-state index contributed by atoms with van der Waals surface area (Å²) in [5.41, 5.74) is -0.405. The molecule has 0 aliphatic heterocycles. The molecule has 0 aliphatic rings. The van der Waals surface area contributed by atoms with Gasteiger partial charge in [0, 0.05) is 5.56 Å². The largest absolute Gasteiger partial charge is 0.298 e. The molecule has 0 N–H and O–H groups in total. The molecule has 1 aromatic rings. The molecule has 0 bridgehead atoms. The van der Waals surface area contributed by atoms with Crippen LogP contribution in [0.3, 0.4) is 0 Å². The SMILES string of the molecule is N#Cc1cc(C=O)c(F)cc1C(=O)CCl. The molecular formula is C10H5ClFNO2. The normalized spacial score (nSPS) is 9.40. The van der Waals surface area contributed by atoms with Crippen LogP contribution in [0, 0.1) is 17.1 Å². The van der Waals surface area contributed by atoms with Crippen molar-refractivity contribution in [3.05, 3.63) is 34.6 Å². The Morgan fingerprint density at radius 2 is 2.27 bits per heavy atom. The summed E-state index contributed by atoms with van der Waals surface area (Å²) in [5, 5.41) is 8.69. The minimum absolute atomic E-state index is 0.0517.